The number of nitrogens with one attached hydrogen (secondary N) is 1. The van der Waals surface area contributed by atoms with Gasteiger partial charge in [0, 0.05) is 5.69 Å². The van der Waals surface area contributed by atoms with E-state index in [0.717, 1.165) is 36.3 Å². The van der Waals surface area contributed by atoms with Gasteiger partial charge in [-0.1, -0.05) is 80.6 Å². The van der Waals surface area contributed by atoms with Crippen molar-refractivity contribution in [2.45, 2.75) is 40.2 Å². The van der Waals surface area contributed by atoms with Gasteiger partial charge in [-0.05, 0) is 62.2 Å². The van der Waals surface area contributed by atoms with Crippen molar-refractivity contribution in [3.63, 3.8) is 0 Å². The monoisotopic (exact) mass is 446 g/mol. The van der Waals surface area contributed by atoms with E-state index < -0.39 is 5.97 Å². The van der Waals surface area contributed by atoms with Crippen LogP contribution in [-0.2, 0) is 11.2 Å². The Kier molecular flexibility index (Phi) is 10.3. The summed E-state index contributed by atoms with van der Waals surface area (Å²) in [5.74, 6) is -0.810. The molecule has 3 rings (SSSR count). The third-order valence-corrected chi connectivity index (χ3v) is 5.58. The van der Waals surface area contributed by atoms with Gasteiger partial charge in [-0.25, -0.2) is 4.79 Å². The SMILES string of the molecule is CCN(CC)C(Cc1ccccc1)C(=O)Nc1c(C)cccc1C.O=C(O)c1ccccc1. The van der Waals surface area contributed by atoms with E-state index in [-0.39, 0.29) is 11.9 Å². The number of aryl methyl sites for hydroxylation is 2. The Labute approximate surface area is 197 Å². The number of likely N-dealkylation sites (N-methyl/N-ethyl adjacent to an activating group) is 1. The number of nitrogens with zero attached hydrogens (tertiary/aromatic N) is 1. The number of carboxylic acids is 1. The number of aromatic carboxylic acids is 1. The maximum atomic E-state index is 13.0. The number of rotatable bonds is 8. The molecule has 0 aliphatic carbocycles. The highest BCUT2D eigenvalue weighted by molar-refractivity contribution is 5.96. The summed E-state index contributed by atoms with van der Waals surface area (Å²) >= 11 is 0. The minimum Gasteiger partial charge on any atom is -0.478 e. The molecule has 33 heavy (non-hydrogen) atoms. The summed E-state index contributed by atoms with van der Waals surface area (Å²) in [5.41, 5.74) is 4.65. The highest BCUT2D eigenvalue weighted by atomic mass is 16.4. The first kappa shape index (κ1) is 25.8. The maximum absolute atomic E-state index is 13.0. The van der Waals surface area contributed by atoms with Crippen molar-refractivity contribution >= 4 is 17.6 Å². The van der Waals surface area contributed by atoms with Gasteiger partial charge >= 0.3 is 5.97 Å². The van der Waals surface area contributed by atoms with E-state index in [1.807, 2.05) is 50.2 Å². The number of carbonyl (C=O) groups excluding carboxylic acids is 1. The third-order valence-electron chi connectivity index (χ3n) is 5.58. The zero-order chi connectivity index (χ0) is 24.2. The van der Waals surface area contributed by atoms with Crippen molar-refractivity contribution in [1.82, 2.24) is 4.90 Å². The van der Waals surface area contributed by atoms with E-state index in [4.69, 9.17) is 5.11 Å². The summed E-state index contributed by atoms with van der Waals surface area (Å²) in [5, 5.41) is 11.6. The van der Waals surface area contributed by atoms with Crippen LogP contribution in [-0.4, -0.2) is 41.0 Å². The van der Waals surface area contributed by atoms with Crippen LogP contribution >= 0.6 is 0 Å². The summed E-state index contributed by atoms with van der Waals surface area (Å²) in [6.07, 6.45) is 0.722. The van der Waals surface area contributed by atoms with Gasteiger partial charge in [0.2, 0.25) is 5.91 Å². The normalized spacial score (nSPS) is 11.3. The maximum Gasteiger partial charge on any atom is 0.335 e. The molecule has 0 heterocycles. The molecule has 5 heteroatoms. The second kappa shape index (κ2) is 13.2. The lowest BCUT2D eigenvalue weighted by Crippen LogP contribution is -2.45. The Hall–Kier alpha value is -3.44. The Bertz CT molecular complexity index is 996. The average Bonchev–Trinajstić information content (AvgIpc) is 2.83. The van der Waals surface area contributed by atoms with Crippen molar-refractivity contribution in [2.75, 3.05) is 18.4 Å². The van der Waals surface area contributed by atoms with E-state index in [1.54, 1.807) is 30.3 Å². The first-order valence-corrected chi connectivity index (χ1v) is 11.3. The molecule has 5 nitrogen and oxygen atoms in total. The Morgan fingerprint density at radius 2 is 1.33 bits per heavy atom. The van der Waals surface area contributed by atoms with Gasteiger partial charge in [0.15, 0.2) is 0 Å². The number of carboxylic acid groups (broad SMARTS) is 1. The number of carbonyl (C=O) groups is 2. The van der Waals surface area contributed by atoms with E-state index >= 15 is 0 Å². The minimum atomic E-state index is -0.879. The smallest absolute Gasteiger partial charge is 0.335 e. The van der Waals surface area contributed by atoms with Crippen LogP contribution in [0.1, 0.15) is 40.9 Å². The minimum absolute atomic E-state index is 0.0694. The van der Waals surface area contributed by atoms with Crippen LogP contribution in [0.4, 0.5) is 5.69 Å². The Morgan fingerprint density at radius 3 is 1.79 bits per heavy atom. The predicted molar refractivity (Wildman–Crippen MR) is 135 cm³/mol. The molecule has 2 N–H and O–H groups in total. The standard InChI is InChI=1S/C21H28N2O.C7H6O2/c1-5-23(6-2)19(15-18-13-8-7-9-14-18)21(24)22-20-16(3)11-10-12-17(20)4;8-7(9)6-4-2-1-3-5-6/h7-14,19H,5-6,15H2,1-4H3,(H,22,24);1-5H,(H,8,9). The molecule has 0 fully saturated rings. The van der Waals surface area contributed by atoms with Crippen LogP contribution in [0, 0.1) is 13.8 Å². The molecular formula is C28H34N2O3. The van der Waals surface area contributed by atoms with Gasteiger partial charge in [0.05, 0.1) is 11.6 Å². The number of amides is 1. The fraction of sp³-hybridized carbons (Fsp3) is 0.286. The molecule has 0 saturated heterocycles. The van der Waals surface area contributed by atoms with Gasteiger partial charge < -0.3 is 10.4 Å². The molecular weight excluding hydrogens is 412 g/mol. The lowest BCUT2D eigenvalue weighted by Gasteiger charge is -2.29. The molecule has 0 aliphatic heterocycles. The molecule has 0 saturated carbocycles. The van der Waals surface area contributed by atoms with Crippen LogP contribution in [0.5, 0.6) is 0 Å². The summed E-state index contributed by atoms with van der Waals surface area (Å²) in [6, 6.07) is 24.4. The molecule has 0 radical (unpaired) electrons. The molecule has 174 valence electrons. The van der Waals surface area contributed by atoms with Crippen LogP contribution in [0.25, 0.3) is 0 Å². The second-order valence-electron chi connectivity index (χ2n) is 7.85. The van der Waals surface area contributed by atoms with Crippen LogP contribution < -0.4 is 5.32 Å². The fourth-order valence-corrected chi connectivity index (χ4v) is 3.69. The fourth-order valence-electron chi connectivity index (χ4n) is 3.69. The summed E-state index contributed by atoms with van der Waals surface area (Å²) in [6.45, 7) is 9.99. The van der Waals surface area contributed by atoms with Crippen molar-refractivity contribution in [3.05, 3.63) is 101 Å². The highest BCUT2D eigenvalue weighted by Crippen LogP contribution is 2.21. The van der Waals surface area contributed by atoms with Gasteiger partial charge in [0.1, 0.15) is 0 Å². The van der Waals surface area contributed by atoms with Gasteiger partial charge in [-0.15, -0.1) is 0 Å². The zero-order valence-electron chi connectivity index (χ0n) is 19.9. The summed E-state index contributed by atoms with van der Waals surface area (Å²) < 4.78 is 0. The van der Waals surface area contributed by atoms with Crippen molar-refractivity contribution in [1.29, 1.82) is 0 Å². The van der Waals surface area contributed by atoms with E-state index in [2.05, 4.69) is 36.2 Å². The predicted octanol–water partition coefficient (Wildman–Crippen LogP) is 5.58. The zero-order valence-corrected chi connectivity index (χ0v) is 19.9. The van der Waals surface area contributed by atoms with E-state index in [0.29, 0.717) is 5.56 Å². The Balaban J connectivity index is 0.000000357. The molecule has 0 spiro atoms. The van der Waals surface area contributed by atoms with Crippen molar-refractivity contribution < 1.29 is 14.7 Å². The molecule has 1 unspecified atom stereocenters. The van der Waals surface area contributed by atoms with Crippen LogP contribution in [0.15, 0.2) is 78.9 Å². The van der Waals surface area contributed by atoms with Crippen molar-refractivity contribution in [3.8, 4) is 0 Å². The number of benzene rings is 3. The molecule has 1 atom stereocenters. The van der Waals surface area contributed by atoms with E-state index in [1.165, 1.54) is 5.56 Å². The summed E-state index contributed by atoms with van der Waals surface area (Å²) in [4.78, 5) is 25.4. The molecule has 0 aliphatic rings. The lowest BCUT2D eigenvalue weighted by molar-refractivity contribution is -0.121. The molecule has 0 bridgehead atoms. The average molecular weight is 447 g/mol. The summed E-state index contributed by atoms with van der Waals surface area (Å²) in [7, 11) is 0. The molecule has 3 aromatic rings. The van der Waals surface area contributed by atoms with Gasteiger partial charge in [-0.3, -0.25) is 9.69 Å². The lowest BCUT2D eigenvalue weighted by atomic mass is 10.0. The second-order valence-corrected chi connectivity index (χ2v) is 7.85. The number of hydrogen-bond acceptors (Lipinski definition) is 3. The van der Waals surface area contributed by atoms with Gasteiger partial charge in [0.25, 0.3) is 0 Å². The highest BCUT2D eigenvalue weighted by Gasteiger charge is 2.25. The quantitative estimate of drug-likeness (QED) is 0.474. The molecule has 0 aromatic heterocycles. The number of para-hydroxylation sites is 1. The Morgan fingerprint density at radius 1 is 0.818 bits per heavy atom. The van der Waals surface area contributed by atoms with Crippen LogP contribution in [0.2, 0.25) is 0 Å². The van der Waals surface area contributed by atoms with Crippen molar-refractivity contribution in [2.24, 2.45) is 0 Å². The molecule has 3 aromatic carbocycles. The number of hydrogen-bond donors (Lipinski definition) is 2. The third kappa shape index (κ3) is 7.88. The topological polar surface area (TPSA) is 69.6 Å². The largest absolute Gasteiger partial charge is 0.478 e. The molecule has 1 amide bonds. The van der Waals surface area contributed by atoms with Gasteiger partial charge in [-0.2, -0.15) is 0 Å². The first-order valence-electron chi connectivity index (χ1n) is 11.3. The van der Waals surface area contributed by atoms with Crippen LogP contribution in [0.3, 0.4) is 0 Å². The van der Waals surface area contributed by atoms with E-state index in [9.17, 15) is 9.59 Å². The number of anilines is 1. The first-order chi connectivity index (χ1) is 15.9.